The zero-order valence-electron chi connectivity index (χ0n) is 12.2. The van der Waals surface area contributed by atoms with Crippen molar-refractivity contribution in [1.29, 1.82) is 0 Å². The second-order valence-corrected chi connectivity index (χ2v) is 8.28. The SMILES string of the molecule is CC(C)(C)CC(C)(C)n1c(=S)[nH]c2cc(Br)ccc21. The number of hydrogen-bond acceptors (Lipinski definition) is 1. The molecule has 2 rings (SSSR count). The van der Waals surface area contributed by atoms with Crippen molar-refractivity contribution < 1.29 is 0 Å². The molecular formula is C15H21BrN2S. The molecule has 1 aromatic heterocycles. The third-order valence-electron chi connectivity index (χ3n) is 3.21. The van der Waals surface area contributed by atoms with Gasteiger partial charge in [-0.2, -0.15) is 0 Å². The van der Waals surface area contributed by atoms with Gasteiger partial charge in [-0.3, -0.25) is 0 Å². The fourth-order valence-corrected chi connectivity index (χ4v) is 3.88. The highest BCUT2D eigenvalue weighted by Crippen LogP contribution is 2.35. The van der Waals surface area contributed by atoms with Gasteiger partial charge in [0.2, 0.25) is 0 Å². The molecule has 0 unspecified atom stereocenters. The highest BCUT2D eigenvalue weighted by molar-refractivity contribution is 9.10. The summed E-state index contributed by atoms with van der Waals surface area (Å²) in [5, 5.41) is 0. The van der Waals surface area contributed by atoms with Gasteiger partial charge in [0, 0.05) is 10.0 Å². The molecule has 0 saturated heterocycles. The number of imidazole rings is 1. The molecule has 0 bridgehead atoms. The monoisotopic (exact) mass is 340 g/mol. The van der Waals surface area contributed by atoms with Crippen LogP contribution in [0.3, 0.4) is 0 Å². The van der Waals surface area contributed by atoms with E-state index < -0.39 is 0 Å². The van der Waals surface area contributed by atoms with E-state index in [1.54, 1.807) is 0 Å². The third kappa shape index (κ3) is 3.11. The van der Waals surface area contributed by atoms with E-state index in [1.165, 1.54) is 5.52 Å². The van der Waals surface area contributed by atoms with E-state index in [-0.39, 0.29) is 11.0 Å². The molecule has 1 N–H and O–H groups in total. The standard InChI is InChI=1S/C15H21BrN2S/c1-14(2,3)9-15(4,5)18-12-7-6-10(16)8-11(12)17-13(18)19/h6-8H,9H2,1-5H3,(H,17,19). The first-order valence-electron chi connectivity index (χ1n) is 6.51. The molecule has 2 nitrogen and oxygen atoms in total. The number of hydrogen-bond donors (Lipinski definition) is 1. The van der Waals surface area contributed by atoms with Gasteiger partial charge in [0.05, 0.1) is 11.0 Å². The van der Waals surface area contributed by atoms with Crippen molar-refractivity contribution in [2.45, 2.75) is 46.6 Å². The van der Waals surface area contributed by atoms with Crippen molar-refractivity contribution in [1.82, 2.24) is 9.55 Å². The van der Waals surface area contributed by atoms with Crippen LogP contribution in [0, 0.1) is 10.2 Å². The van der Waals surface area contributed by atoms with Crippen LogP contribution < -0.4 is 0 Å². The first-order valence-corrected chi connectivity index (χ1v) is 7.71. The Hall–Kier alpha value is -0.610. The number of nitrogens with one attached hydrogen (secondary N) is 1. The average molecular weight is 341 g/mol. The molecule has 0 atom stereocenters. The minimum Gasteiger partial charge on any atom is -0.331 e. The molecule has 0 fully saturated rings. The Morgan fingerprint density at radius 3 is 2.42 bits per heavy atom. The zero-order valence-corrected chi connectivity index (χ0v) is 14.6. The van der Waals surface area contributed by atoms with E-state index in [1.807, 2.05) is 0 Å². The summed E-state index contributed by atoms with van der Waals surface area (Å²) in [6.07, 6.45) is 1.07. The Morgan fingerprint density at radius 1 is 1.21 bits per heavy atom. The molecule has 1 aromatic carbocycles. The lowest BCUT2D eigenvalue weighted by atomic mass is 9.81. The fraction of sp³-hybridized carbons (Fsp3) is 0.533. The Labute approximate surface area is 128 Å². The summed E-state index contributed by atoms with van der Waals surface area (Å²) >= 11 is 9.03. The quantitative estimate of drug-likeness (QED) is 0.702. The van der Waals surface area contributed by atoms with Crippen molar-refractivity contribution in [2.75, 3.05) is 0 Å². The topological polar surface area (TPSA) is 20.7 Å². The van der Waals surface area contributed by atoms with E-state index in [0.29, 0.717) is 0 Å². The lowest BCUT2D eigenvalue weighted by molar-refractivity contribution is 0.217. The Bertz CT molecular complexity index is 659. The van der Waals surface area contributed by atoms with Crippen LogP contribution in [0.5, 0.6) is 0 Å². The number of aromatic nitrogens is 2. The molecule has 0 radical (unpaired) electrons. The van der Waals surface area contributed by atoms with E-state index in [2.05, 4.69) is 78.3 Å². The molecule has 104 valence electrons. The van der Waals surface area contributed by atoms with Crippen LogP contribution in [0.15, 0.2) is 22.7 Å². The molecule has 0 aliphatic rings. The van der Waals surface area contributed by atoms with Crippen molar-refractivity contribution in [3.05, 3.63) is 27.4 Å². The minimum absolute atomic E-state index is 0.0125. The first kappa shape index (κ1) is 14.8. The third-order valence-corrected chi connectivity index (χ3v) is 3.99. The second-order valence-electron chi connectivity index (χ2n) is 6.98. The van der Waals surface area contributed by atoms with Crippen molar-refractivity contribution in [3.8, 4) is 0 Å². The van der Waals surface area contributed by atoms with Gasteiger partial charge in [0.15, 0.2) is 4.77 Å². The average Bonchev–Trinajstić information content (AvgIpc) is 2.49. The van der Waals surface area contributed by atoms with Crippen LogP contribution >= 0.6 is 28.1 Å². The molecule has 4 heteroatoms. The summed E-state index contributed by atoms with van der Waals surface area (Å²) in [5.74, 6) is 0. The summed E-state index contributed by atoms with van der Waals surface area (Å²) < 4.78 is 4.11. The number of nitrogens with zero attached hydrogens (tertiary/aromatic N) is 1. The summed E-state index contributed by atoms with van der Waals surface area (Å²) in [6, 6.07) is 6.26. The summed E-state index contributed by atoms with van der Waals surface area (Å²) in [6.45, 7) is 11.3. The molecule has 0 amide bonds. The maximum atomic E-state index is 5.53. The number of aromatic amines is 1. The summed E-state index contributed by atoms with van der Waals surface area (Å²) in [7, 11) is 0. The van der Waals surface area contributed by atoms with Crippen LogP contribution in [0.4, 0.5) is 0 Å². The summed E-state index contributed by atoms with van der Waals surface area (Å²) in [4.78, 5) is 3.31. The van der Waals surface area contributed by atoms with E-state index in [9.17, 15) is 0 Å². The number of fused-ring (bicyclic) bond motifs is 1. The first-order chi connectivity index (χ1) is 8.60. The van der Waals surface area contributed by atoms with Crippen LogP contribution in [0.2, 0.25) is 0 Å². The van der Waals surface area contributed by atoms with Gasteiger partial charge in [-0.15, -0.1) is 0 Å². The van der Waals surface area contributed by atoms with Crippen LogP contribution in [0.1, 0.15) is 41.0 Å². The van der Waals surface area contributed by atoms with Gasteiger partial charge in [-0.05, 0) is 56.1 Å². The van der Waals surface area contributed by atoms with E-state index >= 15 is 0 Å². The lowest BCUT2D eigenvalue weighted by Gasteiger charge is -2.34. The lowest BCUT2D eigenvalue weighted by Crippen LogP contribution is -2.31. The molecule has 1 heterocycles. The van der Waals surface area contributed by atoms with Gasteiger partial charge in [-0.1, -0.05) is 36.7 Å². The smallest absolute Gasteiger partial charge is 0.178 e. The van der Waals surface area contributed by atoms with Gasteiger partial charge in [-0.25, -0.2) is 0 Å². The van der Waals surface area contributed by atoms with Crippen LogP contribution in [-0.4, -0.2) is 9.55 Å². The van der Waals surface area contributed by atoms with Gasteiger partial charge < -0.3 is 9.55 Å². The Balaban J connectivity index is 2.62. The van der Waals surface area contributed by atoms with Crippen LogP contribution in [-0.2, 0) is 5.54 Å². The largest absolute Gasteiger partial charge is 0.331 e. The number of rotatable bonds is 2. The van der Waals surface area contributed by atoms with Crippen molar-refractivity contribution in [2.24, 2.45) is 5.41 Å². The van der Waals surface area contributed by atoms with E-state index in [0.717, 1.165) is 21.2 Å². The molecule has 0 spiro atoms. The predicted octanol–water partition coefficient (Wildman–Crippen LogP) is 5.63. The highest BCUT2D eigenvalue weighted by Gasteiger charge is 2.29. The van der Waals surface area contributed by atoms with E-state index in [4.69, 9.17) is 12.2 Å². The number of benzene rings is 1. The molecule has 0 aliphatic carbocycles. The highest BCUT2D eigenvalue weighted by atomic mass is 79.9. The van der Waals surface area contributed by atoms with Crippen molar-refractivity contribution in [3.63, 3.8) is 0 Å². The van der Waals surface area contributed by atoms with Gasteiger partial charge >= 0.3 is 0 Å². The maximum absolute atomic E-state index is 5.53. The molecule has 19 heavy (non-hydrogen) atoms. The Morgan fingerprint density at radius 2 is 1.84 bits per heavy atom. The molecule has 2 aromatic rings. The minimum atomic E-state index is -0.0125. The number of halogens is 1. The molecular weight excluding hydrogens is 320 g/mol. The van der Waals surface area contributed by atoms with Gasteiger partial charge in [0.1, 0.15) is 0 Å². The zero-order chi connectivity index (χ0) is 14.4. The second kappa shape index (κ2) is 4.74. The molecule has 0 aliphatic heterocycles. The van der Waals surface area contributed by atoms with Gasteiger partial charge in [0.25, 0.3) is 0 Å². The number of H-pyrrole nitrogens is 1. The predicted molar refractivity (Wildman–Crippen MR) is 88.2 cm³/mol. The van der Waals surface area contributed by atoms with Crippen molar-refractivity contribution >= 4 is 39.2 Å². The normalized spacial score (nSPS) is 13.2. The van der Waals surface area contributed by atoms with Crippen LogP contribution in [0.25, 0.3) is 11.0 Å². The fourth-order valence-electron chi connectivity index (χ4n) is 3.06. The Kier molecular flexibility index (Phi) is 3.69. The maximum Gasteiger partial charge on any atom is 0.178 e. The molecule has 0 saturated carbocycles. The summed E-state index contributed by atoms with van der Waals surface area (Å²) in [5.41, 5.74) is 2.50.